The molecule has 146 valence electrons. The van der Waals surface area contributed by atoms with Crippen LogP contribution in [0.3, 0.4) is 0 Å². The van der Waals surface area contributed by atoms with E-state index in [9.17, 15) is 14.0 Å². The van der Waals surface area contributed by atoms with Crippen LogP contribution in [0, 0.1) is 5.82 Å². The van der Waals surface area contributed by atoms with Crippen LogP contribution >= 0.6 is 0 Å². The number of nitrogens with zero attached hydrogens (tertiary/aromatic N) is 2. The molecule has 2 aromatic carbocycles. The fourth-order valence-electron chi connectivity index (χ4n) is 2.88. The van der Waals surface area contributed by atoms with E-state index in [1.165, 1.54) is 12.1 Å². The summed E-state index contributed by atoms with van der Waals surface area (Å²) in [5, 5.41) is 0.506. The minimum absolute atomic E-state index is 0.0602. The maximum atomic E-state index is 13.6. The van der Waals surface area contributed by atoms with Gasteiger partial charge in [-0.05, 0) is 38.1 Å². The van der Waals surface area contributed by atoms with Gasteiger partial charge in [-0.2, -0.15) is 0 Å². The summed E-state index contributed by atoms with van der Waals surface area (Å²) in [5.41, 5.74) is 0.347. The zero-order valence-corrected chi connectivity index (χ0v) is 15.8. The van der Waals surface area contributed by atoms with Crippen molar-refractivity contribution >= 4 is 16.8 Å². The molecule has 0 unspecified atom stereocenters. The lowest BCUT2D eigenvalue weighted by Gasteiger charge is -2.26. The van der Waals surface area contributed by atoms with Crippen molar-refractivity contribution in [2.75, 3.05) is 6.61 Å². The number of para-hydroxylation sites is 2. The number of hydrogen-bond acceptors (Lipinski definition) is 4. The number of carbonyl (C=O) groups is 1. The molecule has 0 aliphatic rings. The highest BCUT2D eigenvalue weighted by molar-refractivity contribution is 5.78. The van der Waals surface area contributed by atoms with E-state index >= 15 is 0 Å². The van der Waals surface area contributed by atoms with Crippen LogP contribution < -0.4 is 10.3 Å². The standard InChI is InChI=1S/C21H22FN3O3/c1-14(2)25(20(26)11-12-28-18-10-6-4-8-16(18)22)13-19-23-17-9-5-3-7-15(17)21(27)24-19/h3-10,14H,11-13H2,1-2H3,(H,23,24,27). The molecule has 3 rings (SSSR count). The van der Waals surface area contributed by atoms with Gasteiger partial charge in [0.05, 0.1) is 30.5 Å². The number of amides is 1. The average molecular weight is 383 g/mol. The lowest BCUT2D eigenvalue weighted by atomic mass is 10.2. The van der Waals surface area contributed by atoms with Crippen molar-refractivity contribution in [3.63, 3.8) is 0 Å². The van der Waals surface area contributed by atoms with Gasteiger partial charge in [-0.3, -0.25) is 9.59 Å². The molecule has 0 aliphatic carbocycles. The summed E-state index contributed by atoms with van der Waals surface area (Å²) < 4.78 is 19.0. The molecule has 1 amide bonds. The summed E-state index contributed by atoms with van der Waals surface area (Å²) in [4.78, 5) is 33.7. The number of hydrogen-bond donors (Lipinski definition) is 1. The van der Waals surface area contributed by atoms with Crippen molar-refractivity contribution in [3.05, 3.63) is 70.5 Å². The number of H-pyrrole nitrogens is 1. The van der Waals surface area contributed by atoms with Gasteiger partial charge in [0.2, 0.25) is 5.91 Å². The van der Waals surface area contributed by atoms with Gasteiger partial charge in [-0.25, -0.2) is 9.37 Å². The largest absolute Gasteiger partial charge is 0.490 e. The van der Waals surface area contributed by atoms with Gasteiger partial charge < -0.3 is 14.6 Å². The van der Waals surface area contributed by atoms with Crippen molar-refractivity contribution in [1.29, 1.82) is 0 Å². The molecule has 0 spiro atoms. The van der Waals surface area contributed by atoms with Crippen molar-refractivity contribution in [3.8, 4) is 5.75 Å². The van der Waals surface area contributed by atoms with Crippen LogP contribution in [0.2, 0.25) is 0 Å². The van der Waals surface area contributed by atoms with Gasteiger partial charge in [0, 0.05) is 6.04 Å². The molecule has 0 atom stereocenters. The van der Waals surface area contributed by atoms with Gasteiger partial charge in [0.25, 0.3) is 5.56 Å². The Morgan fingerprint density at radius 3 is 2.64 bits per heavy atom. The number of aromatic nitrogens is 2. The van der Waals surface area contributed by atoms with Gasteiger partial charge in [-0.15, -0.1) is 0 Å². The predicted molar refractivity (Wildman–Crippen MR) is 105 cm³/mol. The highest BCUT2D eigenvalue weighted by Gasteiger charge is 2.19. The Hall–Kier alpha value is -3.22. The first-order valence-electron chi connectivity index (χ1n) is 9.10. The van der Waals surface area contributed by atoms with E-state index < -0.39 is 5.82 Å². The summed E-state index contributed by atoms with van der Waals surface area (Å²) in [7, 11) is 0. The highest BCUT2D eigenvalue weighted by Crippen LogP contribution is 2.16. The summed E-state index contributed by atoms with van der Waals surface area (Å²) in [6.45, 7) is 4.00. The molecule has 6 nitrogen and oxygen atoms in total. The second-order valence-corrected chi connectivity index (χ2v) is 6.67. The molecule has 0 saturated carbocycles. The molecule has 1 aromatic heterocycles. The number of carbonyl (C=O) groups excluding carboxylic acids is 1. The first-order valence-corrected chi connectivity index (χ1v) is 9.10. The minimum atomic E-state index is -0.464. The molecule has 3 aromatic rings. The molecule has 0 saturated heterocycles. The lowest BCUT2D eigenvalue weighted by Crippen LogP contribution is -2.38. The zero-order valence-electron chi connectivity index (χ0n) is 15.8. The molecule has 28 heavy (non-hydrogen) atoms. The molecule has 0 radical (unpaired) electrons. The molecule has 7 heteroatoms. The normalized spacial score (nSPS) is 11.0. The topological polar surface area (TPSA) is 75.3 Å². The Morgan fingerprint density at radius 2 is 1.89 bits per heavy atom. The van der Waals surface area contributed by atoms with Crippen molar-refractivity contribution in [1.82, 2.24) is 14.9 Å². The maximum Gasteiger partial charge on any atom is 0.258 e. The number of benzene rings is 2. The second-order valence-electron chi connectivity index (χ2n) is 6.67. The van der Waals surface area contributed by atoms with E-state index in [4.69, 9.17) is 4.74 Å². The summed E-state index contributed by atoms with van der Waals surface area (Å²) in [6, 6.07) is 13.0. The van der Waals surface area contributed by atoms with Crippen LogP contribution in [0.1, 0.15) is 26.1 Å². The van der Waals surface area contributed by atoms with Gasteiger partial charge >= 0.3 is 0 Å². The van der Waals surface area contributed by atoms with Crippen molar-refractivity contribution < 1.29 is 13.9 Å². The number of fused-ring (bicyclic) bond motifs is 1. The Kier molecular flexibility index (Phi) is 6.03. The predicted octanol–water partition coefficient (Wildman–Crippen LogP) is 3.27. The van der Waals surface area contributed by atoms with Gasteiger partial charge in [-0.1, -0.05) is 24.3 Å². The zero-order chi connectivity index (χ0) is 20.1. The van der Waals surface area contributed by atoms with Gasteiger partial charge in [0.15, 0.2) is 11.6 Å². The molecular formula is C21H22FN3O3. The molecular weight excluding hydrogens is 361 g/mol. The molecule has 1 heterocycles. The van der Waals surface area contributed by atoms with E-state index in [1.807, 2.05) is 19.9 Å². The quantitative estimate of drug-likeness (QED) is 0.679. The summed E-state index contributed by atoms with van der Waals surface area (Å²) in [5.74, 6) is -0.0940. The minimum Gasteiger partial charge on any atom is -0.490 e. The number of aromatic amines is 1. The second kappa shape index (κ2) is 8.65. The molecule has 0 fully saturated rings. The molecule has 0 aliphatic heterocycles. The summed E-state index contributed by atoms with van der Waals surface area (Å²) >= 11 is 0. The SMILES string of the molecule is CC(C)N(Cc1nc2ccccc2c(=O)[nH]1)C(=O)CCOc1ccccc1F. The molecule has 1 N–H and O–H groups in total. The number of nitrogens with one attached hydrogen (secondary N) is 1. The highest BCUT2D eigenvalue weighted by atomic mass is 19.1. The van der Waals surface area contributed by atoms with Crippen LogP contribution in [0.25, 0.3) is 10.9 Å². The lowest BCUT2D eigenvalue weighted by molar-refractivity contribution is -0.134. The van der Waals surface area contributed by atoms with Crippen molar-refractivity contribution in [2.24, 2.45) is 0 Å². The summed E-state index contributed by atoms with van der Waals surface area (Å²) in [6.07, 6.45) is 0.0876. The van der Waals surface area contributed by atoms with Gasteiger partial charge in [0.1, 0.15) is 5.82 Å². The monoisotopic (exact) mass is 383 g/mol. The van der Waals surface area contributed by atoms with Crippen molar-refractivity contribution in [2.45, 2.75) is 32.9 Å². The smallest absolute Gasteiger partial charge is 0.258 e. The fraction of sp³-hybridized carbons (Fsp3) is 0.286. The van der Waals surface area contributed by atoms with Crippen LogP contribution in [0.4, 0.5) is 4.39 Å². The third-order valence-corrected chi connectivity index (χ3v) is 4.34. The Morgan fingerprint density at radius 1 is 1.18 bits per heavy atom. The van der Waals surface area contributed by atoms with E-state index in [1.54, 1.807) is 35.2 Å². The Labute approximate surface area is 162 Å². The number of halogens is 1. The van der Waals surface area contributed by atoms with E-state index in [0.717, 1.165) is 0 Å². The van der Waals surface area contributed by atoms with Crippen LogP contribution in [0.15, 0.2) is 53.3 Å². The Bertz CT molecular complexity index is 1030. The first-order chi connectivity index (χ1) is 13.5. The fourth-order valence-corrected chi connectivity index (χ4v) is 2.88. The van der Waals surface area contributed by atoms with E-state index in [-0.39, 0.29) is 42.8 Å². The third kappa shape index (κ3) is 4.54. The van der Waals surface area contributed by atoms with Crippen LogP contribution in [-0.4, -0.2) is 33.4 Å². The third-order valence-electron chi connectivity index (χ3n) is 4.34. The first kappa shape index (κ1) is 19.5. The van der Waals surface area contributed by atoms with Crippen LogP contribution in [-0.2, 0) is 11.3 Å². The van der Waals surface area contributed by atoms with E-state index in [0.29, 0.717) is 16.7 Å². The van der Waals surface area contributed by atoms with Crippen LogP contribution in [0.5, 0.6) is 5.75 Å². The Balaban J connectivity index is 1.68. The number of rotatable bonds is 7. The number of ether oxygens (including phenoxy) is 1. The average Bonchev–Trinajstić information content (AvgIpc) is 2.67. The van der Waals surface area contributed by atoms with E-state index in [2.05, 4.69) is 9.97 Å². The maximum absolute atomic E-state index is 13.6. The molecule has 0 bridgehead atoms.